The largest absolute Gasteiger partial charge is 0.289 e. The summed E-state index contributed by atoms with van der Waals surface area (Å²) in [5.41, 5.74) is 0. The summed E-state index contributed by atoms with van der Waals surface area (Å²) in [6, 6.07) is 0. The van der Waals surface area contributed by atoms with Gasteiger partial charge in [0.2, 0.25) is 0 Å². The van der Waals surface area contributed by atoms with E-state index in [9.17, 15) is 8.42 Å². The Bertz CT molecular complexity index is 169. The summed E-state index contributed by atoms with van der Waals surface area (Å²) in [4.78, 5) is -0.229. The Balaban J connectivity index is 0. The molecule has 3 nitrogen and oxygen atoms in total. The summed E-state index contributed by atoms with van der Waals surface area (Å²) >= 11 is 0. The van der Waals surface area contributed by atoms with Gasteiger partial charge >= 0.3 is 0 Å². The molecule has 1 N–H and O–H groups in total. The van der Waals surface area contributed by atoms with E-state index >= 15 is 0 Å². The molecule has 0 saturated carbocycles. The van der Waals surface area contributed by atoms with Gasteiger partial charge in [-0.1, -0.05) is 6.58 Å². The molecule has 5 heteroatoms. The molecular formula is C3H6MgO3S. The summed E-state index contributed by atoms with van der Waals surface area (Å²) in [6.45, 7) is 4.21. The van der Waals surface area contributed by atoms with E-state index in [0.717, 1.165) is 0 Å². The van der Waals surface area contributed by atoms with Crippen LogP contribution in [0.2, 0.25) is 0 Å². The maximum atomic E-state index is 9.79. The molecule has 0 aromatic carbocycles. The van der Waals surface area contributed by atoms with Crippen molar-refractivity contribution < 1.29 is 13.0 Å². The Morgan fingerprint density at radius 1 is 1.62 bits per heavy atom. The lowest BCUT2D eigenvalue weighted by Crippen LogP contribution is -1.95. The Hall–Kier alpha value is 0.416. The molecule has 0 spiro atoms. The molecular weight excluding hydrogens is 140 g/mol. The van der Waals surface area contributed by atoms with Crippen molar-refractivity contribution in [1.82, 2.24) is 0 Å². The van der Waals surface area contributed by atoms with E-state index in [1.54, 1.807) is 0 Å². The third kappa shape index (κ3) is 4.57. The molecule has 0 unspecified atom stereocenters. The maximum absolute atomic E-state index is 9.79. The van der Waals surface area contributed by atoms with Crippen molar-refractivity contribution in [2.45, 2.75) is 6.92 Å². The standard InChI is InChI=1S/C3H6O3S.Mg/c1-3(2)7(4,5)6;/h1H2,2H3,(H,4,5,6);. The van der Waals surface area contributed by atoms with E-state index in [1.807, 2.05) is 0 Å². The van der Waals surface area contributed by atoms with Gasteiger partial charge in [-0.05, 0) is 6.92 Å². The van der Waals surface area contributed by atoms with E-state index in [4.69, 9.17) is 4.55 Å². The van der Waals surface area contributed by atoms with Crippen LogP contribution in [0.1, 0.15) is 6.92 Å². The van der Waals surface area contributed by atoms with Crippen LogP contribution in [0.15, 0.2) is 11.5 Å². The number of allylic oxidation sites excluding steroid dienone is 1. The van der Waals surface area contributed by atoms with Gasteiger partial charge in [-0.3, -0.25) is 4.55 Å². The lowest BCUT2D eigenvalue weighted by Gasteiger charge is -1.86. The molecule has 0 saturated heterocycles. The highest BCUT2D eigenvalue weighted by molar-refractivity contribution is 7.89. The second kappa shape index (κ2) is 3.44. The maximum Gasteiger partial charge on any atom is 0.289 e. The van der Waals surface area contributed by atoms with Crippen molar-refractivity contribution in [2.75, 3.05) is 0 Å². The van der Waals surface area contributed by atoms with E-state index in [2.05, 4.69) is 6.58 Å². The van der Waals surface area contributed by atoms with Crippen molar-refractivity contribution in [3.8, 4) is 0 Å². The van der Waals surface area contributed by atoms with E-state index in [1.165, 1.54) is 6.92 Å². The van der Waals surface area contributed by atoms with Crippen LogP contribution in [0.3, 0.4) is 0 Å². The first-order chi connectivity index (χ1) is 2.94. The number of hydrogen-bond donors (Lipinski definition) is 1. The molecule has 8 heavy (non-hydrogen) atoms. The molecule has 0 fully saturated rings. The van der Waals surface area contributed by atoms with Crippen LogP contribution < -0.4 is 0 Å². The summed E-state index contributed by atoms with van der Waals surface area (Å²) in [5.74, 6) is 0. The lowest BCUT2D eigenvalue weighted by molar-refractivity contribution is 0.491. The van der Waals surface area contributed by atoms with Gasteiger partial charge in [0.25, 0.3) is 10.1 Å². The Kier molecular flexibility index (Phi) is 4.84. The van der Waals surface area contributed by atoms with E-state index in [-0.39, 0.29) is 28.0 Å². The third-order valence-corrected chi connectivity index (χ3v) is 1.32. The molecule has 0 aliphatic heterocycles. The van der Waals surface area contributed by atoms with Gasteiger partial charge in [0.1, 0.15) is 0 Å². The zero-order valence-electron chi connectivity index (χ0n) is 4.59. The van der Waals surface area contributed by atoms with Crippen LogP contribution in [0, 0.1) is 0 Å². The Morgan fingerprint density at radius 3 is 1.75 bits per heavy atom. The van der Waals surface area contributed by atoms with Crippen LogP contribution in [0.5, 0.6) is 0 Å². The van der Waals surface area contributed by atoms with Crippen LogP contribution >= 0.6 is 0 Å². The quantitative estimate of drug-likeness (QED) is 0.419. The number of rotatable bonds is 1. The lowest BCUT2D eigenvalue weighted by atomic mass is 10.8. The van der Waals surface area contributed by atoms with Crippen molar-refractivity contribution in [1.29, 1.82) is 0 Å². The summed E-state index contributed by atoms with van der Waals surface area (Å²) in [5, 5.41) is 0. The predicted octanol–water partition coefficient (Wildman–Crippen LogP) is 0.0270. The van der Waals surface area contributed by atoms with Crippen molar-refractivity contribution >= 4 is 33.2 Å². The fraction of sp³-hybridized carbons (Fsp3) is 0.333. The molecule has 0 aromatic rings. The average Bonchev–Trinajstić information content (AvgIpc) is 1.31. The van der Waals surface area contributed by atoms with Crippen LogP contribution in [-0.2, 0) is 10.1 Å². The smallest absolute Gasteiger partial charge is 0.282 e. The van der Waals surface area contributed by atoms with Gasteiger partial charge in [0, 0.05) is 23.1 Å². The molecule has 0 heterocycles. The summed E-state index contributed by atoms with van der Waals surface area (Å²) < 4.78 is 27.5. The summed E-state index contributed by atoms with van der Waals surface area (Å²) in [6.07, 6.45) is 0. The highest BCUT2D eigenvalue weighted by atomic mass is 32.2. The van der Waals surface area contributed by atoms with Crippen LogP contribution in [-0.4, -0.2) is 36.0 Å². The van der Waals surface area contributed by atoms with Gasteiger partial charge in [-0.2, -0.15) is 8.42 Å². The van der Waals surface area contributed by atoms with E-state index < -0.39 is 10.1 Å². The zero-order valence-corrected chi connectivity index (χ0v) is 6.82. The molecule has 44 valence electrons. The average molecular weight is 146 g/mol. The third-order valence-electron chi connectivity index (χ3n) is 0.440. The molecule has 0 atom stereocenters. The van der Waals surface area contributed by atoms with Crippen molar-refractivity contribution in [2.24, 2.45) is 0 Å². The van der Waals surface area contributed by atoms with Gasteiger partial charge in [0.05, 0.1) is 4.91 Å². The SMILES string of the molecule is C=C(C)S(=O)(=O)O.[Mg]. The molecule has 0 bridgehead atoms. The second-order valence-electron chi connectivity index (χ2n) is 1.18. The first-order valence-corrected chi connectivity index (χ1v) is 3.01. The van der Waals surface area contributed by atoms with Gasteiger partial charge in [-0.25, -0.2) is 0 Å². The highest BCUT2D eigenvalue weighted by Crippen LogP contribution is 1.94. The van der Waals surface area contributed by atoms with Crippen molar-refractivity contribution in [3.05, 3.63) is 11.5 Å². The van der Waals surface area contributed by atoms with Crippen LogP contribution in [0.4, 0.5) is 0 Å². The predicted molar refractivity (Wildman–Crippen MR) is 32.1 cm³/mol. The molecule has 2 radical (unpaired) electrons. The molecule has 0 amide bonds. The van der Waals surface area contributed by atoms with Gasteiger partial charge in [-0.15, -0.1) is 0 Å². The fourth-order valence-electron chi connectivity index (χ4n) is 0. The normalized spacial score (nSPS) is 9.75. The molecule has 0 aliphatic rings. The van der Waals surface area contributed by atoms with Gasteiger partial charge in [0.15, 0.2) is 0 Å². The van der Waals surface area contributed by atoms with Crippen molar-refractivity contribution in [3.63, 3.8) is 0 Å². The molecule has 0 rings (SSSR count). The minimum absolute atomic E-state index is 0. The zero-order chi connectivity index (χ0) is 6.08. The number of hydrogen-bond acceptors (Lipinski definition) is 2. The molecule has 0 aliphatic carbocycles. The monoisotopic (exact) mass is 146 g/mol. The minimum atomic E-state index is -3.94. The minimum Gasteiger partial charge on any atom is -0.282 e. The topological polar surface area (TPSA) is 54.4 Å². The first-order valence-electron chi connectivity index (χ1n) is 1.57. The highest BCUT2D eigenvalue weighted by Gasteiger charge is 2.01. The summed E-state index contributed by atoms with van der Waals surface area (Å²) in [7, 11) is -3.94. The van der Waals surface area contributed by atoms with Crippen LogP contribution in [0.25, 0.3) is 0 Å². The van der Waals surface area contributed by atoms with Gasteiger partial charge < -0.3 is 0 Å². The second-order valence-corrected chi connectivity index (χ2v) is 2.82. The Morgan fingerprint density at radius 2 is 1.75 bits per heavy atom. The molecule has 0 aromatic heterocycles. The fourth-order valence-corrected chi connectivity index (χ4v) is 0. The van der Waals surface area contributed by atoms with E-state index in [0.29, 0.717) is 0 Å². The Labute approximate surface area is 64.7 Å². The first kappa shape index (κ1) is 11.2.